The molecular weight excluding hydrogens is 537 g/mol. The number of hydrogen-bond donors (Lipinski definition) is 2. The lowest BCUT2D eigenvalue weighted by Crippen LogP contribution is -2.52. The zero-order valence-electron chi connectivity index (χ0n) is 22.9. The number of halogens is 2. The number of hydrogen-bond acceptors (Lipinski definition) is 7. The molecule has 0 radical (unpaired) electrons. The van der Waals surface area contributed by atoms with Gasteiger partial charge in [-0.15, -0.1) is 0 Å². The molecule has 1 fully saturated rings. The molecule has 1 saturated heterocycles. The Morgan fingerprint density at radius 1 is 1.32 bits per heavy atom. The molecule has 2 N–H and O–H groups in total. The molecule has 1 aromatic heterocycles. The van der Waals surface area contributed by atoms with E-state index in [1.807, 2.05) is 0 Å². The van der Waals surface area contributed by atoms with E-state index in [0.717, 1.165) is 0 Å². The lowest BCUT2D eigenvalue weighted by molar-refractivity contribution is -0.137. The summed E-state index contributed by atoms with van der Waals surface area (Å²) in [7, 11) is 0. The van der Waals surface area contributed by atoms with E-state index < -0.39 is 41.2 Å². The maximum absolute atomic E-state index is 14.8. The number of nitrogens with one attached hydrogen (secondary N) is 2. The van der Waals surface area contributed by atoms with Crippen molar-refractivity contribution < 1.29 is 23.5 Å². The number of nitriles is 1. The van der Waals surface area contributed by atoms with Crippen LogP contribution in [0.3, 0.4) is 0 Å². The summed E-state index contributed by atoms with van der Waals surface area (Å²) in [5, 5.41) is 20.3. The smallest absolute Gasteiger partial charge is 0.270 e. The normalized spacial score (nSPS) is 18.1. The second-order valence-electron chi connectivity index (χ2n) is 10.3. The predicted octanol–water partition coefficient (Wildman–Crippen LogP) is 5.08. The first kappa shape index (κ1) is 30.4. The number of ether oxygens (including phenoxy) is 1. The van der Waals surface area contributed by atoms with Crippen molar-refractivity contribution in [3.05, 3.63) is 70.0 Å². The highest BCUT2D eigenvalue weighted by Gasteiger charge is 2.47. The van der Waals surface area contributed by atoms with Gasteiger partial charge in [0.2, 0.25) is 5.91 Å². The third kappa shape index (κ3) is 6.72. The number of aryl methyl sites for hydroxylation is 1. The first-order valence-electron chi connectivity index (χ1n) is 12.7. The standard InChI is InChI=1S/C29H31ClFN5O4/c1-16(33)12-20(14-37)40-25-10-8-23(34-17(25)2)27(38)35-18(3)28(39)36-24(9-11-26(36)29(4,5)15-32)21-13-19(30)6-7-22(21)31/h6-8,10,12-14,18,24,26,33H,9,11H2,1-5H3,(H,35,38)/b20-12+,33-16?/t18-,24?,26?/m1/s1. The van der Waals surface area contributed by atoms with Crippen molar-refractivity contribution in [3.63, 3.8) is 0 Å². The molecule has 1 aromatic carbocycles. The number of aldehydes is 1. The van der Waals surface area contributed by atoms with Crippen molar-refractivity contribution in [1.82, 2.24) is 15.2 Å². The zero-order valence-corrected chi connectivity index (χ0v) is 23.7. The summed E-state index contributed by atoms with van der Waals surface area (Å²) in [4.78, 5) is 43.8. The van der Waals surface area contributed by atoms with Crippen molar-refractivity contribution in [1.29, 1.82) is 10.7 Å². The van der Waals surface area contributed by atoms with Gasteiger partial charge in [-0.05, 0) is 77.8 Å². The minimum absolute atomic E-state index is 0.0112. The van der Waals surface area contributed by atoms with Crippen LogP contribution in [0.15, 0.2) is 42.2 Å². The number of likely N-dealkylation sites (tertiary alicyclic amines) is 1. The molecule has 2 amide bonds. The predicted molar refractivity (Wildman–Crippen MR) is 147 cm³/mol. The number of rotatable bonds is 9. The first-order valence-corrected chi connectivity index (χ1v) is 13.0. The summed E-state index contributed by atoms with van der Waals surface area (Å²) in [6.07, 6.45) is 2.62. The summed E-state index contributed by atoms with van der Waals surface area (Å²) in [6, 6.07) is 7.05. The third-order valence-corrected chi connectivity index (χ3v) is 7.00. The number of aromatic nitrogens is 1. The van der Waals surface area contributed by atoms with Gasteiger partial charge in [-0.3, -0.25) is 14.4 Å². The molecule has 11 heteroatoms. The molecule has 2 heterocycles. The van der Waals surface area contributed by atoms with Gasteiger partial charge in [0.25, 0.3) is 5.91 Å². The Morgan fingerprint density at radius 3 is 2.62 bits per heavy atom. The van der Waals surface area contributed by atoms with Crippen LogP contribution in [0.25, 0.3) is 0 Å². The van der Waals surface area contributed by atoms with Crippen molar-refractivity contribution in [2.45, 2.75) is 65.6 Å². The van der Waals surface area contributed by atoms with Crippen molar-refractivity contribution in [2.24, 2.45) is 5.41 Å². The minimum Gasteiger partial charge on any atom is -0.452 e. The zero-order chi connectivity index (χ0) is 29.8. The van der Waals surface area contributed by atoms with Crippen molar-refractivity contribution in [3.8, 4) is 11.8 Å². The van der Waals surface area contributed by atoms with Crippen LogP contribution in [0.2, 0.25) is 5.02 Å². The van der Waals surface area contributed by atoms with Crippen LogP contribution >= 0.6 is 11.6 Å². The maximum atomic E-state index is 14.8. The van der Waals surface area contributed by atoms with Crippen LogP contribution in [0.5, 0.6) is 5.75 Å². The number of allylic oxidation sites excluding steroid dienone is 2. The molecule has 1 aliphatic rings. The van der Waals surface area contributed by atoms with Crippen LogP contribution < -0.4 is 10.1 Å². The van der Waals surface area contributed by atoms with Crippen molar-refractivity contribution in [2.75, 3.05) is 0 Å². The topological polar surface area (TPSA) is 136 Å². The van der Waals surface area contributed by atoms with Gasteiger partial charge in [-0.1, -0.05) is 11.6 Å². The fourth-order valence-electron chi connectivity index (χ4n) is 4.74. The highest BCUT2D eigenvalue weighted by Crippen LogP contribution is 2.44. The molecule has 3 rings (SSSR count). The van der Waals surface area contributed by atoms with Gasteiger partial charge in [0.15, 0.2) is 12.0 Å². The van der Waals surface area contributed by atoms with Crippen LogP contribution in [0, 0.1) is 34.9 Å². The molecule has 0 aliphatic carbocycles. The molecule has 210 valence electrons. The van der Waals surface area contributed by atoms with Gasteiger partial charge in [0.1, 0.15) is 23.3 Å². The Kier molecular flexibility index (Phi) is 9.43. The van der Waals surface area contributed by atoms with Crippen LogP contribution in [0.4, 0.5) is 4.39 Å². The largest absolute Gasteiger partial charge is 0.452 e. The fourth-order valence-corrected chi connectivity index (χ4v) is 4.92. The van der Waals surface area contributed by atoms with Gasteiger partial charge in [-0.25, -0.2) is 9.37 Å². The molecule has 9 nitrogen and oxygen atoms in total. The maximum Gasteiger partial charge on any atom is 0.270 e. The summed E-state index contributed by atoms with van der Waals surface area (Å²) >= 11 is 6.13. The molecule has 40 heavy (non-hydrogen) atoms. The van der Waals surface area contributed by atoms with E-state index in [4.69, 9.17) is 21.7 Å². The van der Waals surface area contributed by atoms with Gasteiger partial charge >= 0.3 is 0 Å². The Morgan fingerprint density at radius 2 is 2.02 bits per heavy atom. The number of pyridine rings is 1. The fraction of sp³-hybridized carbons (Fsp3) is 0.379. The number of nitrogens with zero attached hydrogens (tertiary/aromatic N) is 3. The van der Waals surface area contributed by atoms with Crippen LogP contribution in [-0.2, 0) is 9.59 Å². The van der Waals surface area contributed by atoms with E-state index in [2.05, 4.69) is 16.4 Å². The average molecular weight is 568 g/mol. The number of carbonyl (C=O) groups excluding carboxylic acids is 3. The van der Waals surface area contributed by atoms with Crippen LogP contribution in [-0.4, -0.2) is 45.8 Å². The van der Waals surface area contributed by atoms with Crippen molar-refractivity contribution >= 4 is 35.4 Å². The lowest BCUT2D eigenvalue weighted by atomic mass is 9.84. The first-order chi connectivity index (χ1) is 18.8. The molecule has 2 unspecified atom stereocenters. The Hall–Kier alpha value is -4.10. The van der Waals surface area contributed by atoms with E-state index in [0.29, 0.717) is 29.8 Å². The Balaban J connectivity index is 1.84. The average Bonchev–Trinajstić information content (AvgIpc) is 3.35. The van der Waals surface area contributed by atoms with E-state index in [1.54, 1.807) is 20.8 Å². The quantitative estimate of drug-likeness (QED) is 0.187. The second kappa shape index (κ2) is 12.4. The van der Waals surface area contributed by atoms with E-state index in [9.17, 15) is 24.0 Å². The van der Waals surface area contributed by atoms with Gasteiger partial charge in [0.05, 0.1) is 29.3 Å². The second-order valence-corrected chi connectivity index (χ2v) is 10.7. The molecule has 0 spiro atoms. The molecular formula is C29H31ClFN5O4. The van der Waals surface area contributed by atoms with E-state index >= 15 is 0 Å². The molecule has 0 saturated carbocycles. The van der Waals surface area contributed by atoms with E-state index in [1.165, 1.54) is 55.2 Å². The molecule has 3 atom stereocenters. The number of amides is 2. The third-order valence-electron chi connectivity index (χ3n) is 6.77. The summed E-state index contributed by atoms with van der Waals surface area (Å²) in [5.74, 6) is -1.46. The van der Waals surface area contributed by atoms with Gasteiger partial charge < -0.3 is 20.4 Å². The summed E-state index contributed by atoms with van der Waals surface area (Å²) < 4.78 is 20.3. The highest BCUT2D eigenvalue weighted by molar-refractivity contribution is 6.30. The highest BCUT2D eigenvalue weighted by atomic mass is 35.5. The van der Waals surface area contributed by atoms with Gasteiger partial charge in [-0.2, -0.15) is 5.26 Å². The Bertz CT molecular complexity index is 1420. The Labute approximate surface area is 237 Å². The summed E-state index contributed by atoms with van der Waals surface area (Å²) in [5.41, 5.74) is -0.222. The SMILES string of the molecule is CC(=N)/C=C(\C=O)Oc1ccc(C(=O)N[C@H](C)C(=O)N2C(c3cc(Cl)ccc3F)CCC2C(C)(C)C#N)nc1C. The molecule has 0 bridgehead atoms. The molecule has 2 aromatic rings. The van der Waals surface area contributed by atoms with Gasteiger partial charge in [0, 0.05) is 22.4 Å². The van der Waals surface area contributed by atoms with Crippen LogP contribution in [0.1, 0.15) is 68.3 Å². The summed E-state index contributed by atoms with van der Waals surface area (Å²) in [6.45, 7) is 8.05. The van der Waals surface area contributed by atoms with E-state index in [-0.39, 0.29) is 28.5 Å². The lowest BCUT2D eigenvalue weighted by Gasteiger charge is -2.38. The minimum atomic E-state index is -1.02. The molecule has 1 aliphatic heterocycles. The number of benzene rings is 1. The number of carbonyl (C=O) groups is 3. The monoisotopic (exact) mass is 567 g/mol.